The van der Waals surface area contributed by atoms with Crippen LogP contribution in [0, 0.1) is 0 Å². The molecule has 0 amide bonds. The molecule has 2 heterocycles. The summed E-state index contributed by atoms with van der Waals surface area (Å²) in [7, 11) is 0. The summed E-state index contributed by atoms with van der Waals surface area (Å²) in [5, 5.41) is 12.5. The van der Waals surface area contributed by atoms with E-state index in [0.717, 1.165) is 29.6 Å². The van der Waals surface area contributed by atoms with E-state index in [1.165, 1.54) is 11.5 Å². The number of anilines is 1. The topological polar surface area (TPSA) is 49.2 Å². The highest BCUT2D eigenvalue weighted by Gasteiger charge is 2.36. The van der Waals surface area contributed by atoms with Gasteiger partial charge in [0.15, 0.2) is 0 Å². The molecule has 3 rings (SSSR count). The van der Waals surface area contributed by atoms with E-state index in [1.807, 2.05) is 24.3 Å². The van der Waals surface area contributed by atoms with E-state index in [0.29, 0.717) is 23.8 Å². The number of hydrogen-bond acceptors (Lipinski definition) is 5. The summed E-state index contributed by atoms with van der Waals surface area (Å²) in [5.41, 5.74) is -0.0168. The number of nitrogens with zero attached hydrogens (tertiary/aromatic N) is 3. The lowest BCUT2D eigenvalue weighted by molar-refractivity contribution is 0.0119. The van der Waals surface area contributed by atoms with Gasteiger partial charge in [-0.15, -0.1) is 0 Å². The molecule has 1 aliphatic rings. The molecule has 0 bridgehead atoms. The van der Waals surface area contributed by atoms with E-state index in [2.05, 4.69) is 28.1 Å². The van der Waals surface area contributed by atoms with E-state index in [-0.39, 0.29) is 0 Å². The van der Waals surface area contributed by atoms with Gasteiger partial charge in [0.2, 0.25) is 5.13 Å². The van der Waals surface area contributed by atoms with Crippen LogP contribution in [-0.2, 0) is 5.60 Å². The molecule has 0 atom stereocenters. The Kier molecular flexibility index (Phi) is 4.39. The quantitative estimate of drug-likeness (QED) is 0.925. The molecule has 1 aliphatic heterocycles. The Morgan fingerprint density at radius 1 is 1.27 bits per heavy atom. The molecule has 0 unspecified atom stereocenters. The zero-order valence-corrected chi connectivity index (χ0v) is 14.4. The number of rotatable bonds is 3. The Morgan fingerprint density at radius 2 is 1.95 bits per heavy atom. The maximum atomic E-state index is 10.9. The molecule has 0 radical (unpaired) electrons. The van der Waals surface area contributed by atoms with E-state index >= 15 is 0 Å². The van der Waals surface area contributed by atoms with Gasteiger partial charge in [-0.3, -0.25) is 0 Å². The van der Waals surface area contributed by atoms with Crippen molar-refractivity contribution < 1.29 is 5.11 Å². The molecule has 0 saturated carbocycles. The van der Waals surface area contributed by atoms with Crippen LogP contribution in [0.25, 0.3) is 0 Å². The number of benzene rings is 1. The molecule has 1 fully saturated rings. The van der Waals surface area contributed by atoms with Gasteiger partial charge in [0.05, 0.1) is 5.60 Å². The Hall–Kier alpha value is -1.17. The summed E-state index contributed by atoms with van der Waals surface area (Å²) < 4.78 is 4.40. The lowest BCUT2D eigenvalue weighted by Crippen LogP contribution is -2.42. The molecule has 1 N–H and O–H groups in total. The second kappa shape index (κ2) is 6.14. The van der Waals surface area contributed by atoms with E-state index in [9.17, 15) is 5.11 Å². The molecule has 2 aromatic rings. The van der Waals surface area contributed by atoms with Crippen molar-refractivity contribution in [3.63, 3.8) is 0 Å². The molecule has 1 aromatic heterocycles. The van der Waals surface area contributed by atoms with Crippen molar-refractivity contribution in [3.05, 3.63) is 40.7 Å². The third-order valence-electron chi connectivity index (χ3n) is 4.18. The Bertz CT molecular complexity index is 650. The molecule has 1 saturated heterocycles. The second-order valence-electron chi connectivity index (χ2n) is 6.09. The summed E-state index contributed by atoms with van der Waals surface area (Å²) in [5.74, 6) is 1.24. The van der Waals surface area contributed by atoms with Crippen molar-refractivity contribution >= 4 is 28.3 Å². The molecule has 6 heteroatoms. The van der Waals surface area contributed by atoms with Crippen molar-refractivity contribution in [3.8, 4) is 0 Å². The number of aliphatic hydroxyl groups is 1. The van der Waals surface area contributed by atoms with Crippen molar-refractivity contribution in [2.24, 2.45) is 0 Å². The molecule has 1 aromatic carbocycles. The molecule has 4 nitrogen and oxygen atoms in total. The predicted octanol–water partition coefficient (Wildman–Crippen LogP) is 3.80. The number of hydrogen-bond donors (Lipinski definition) is 1. The van der Waals surface area contributed by atoms with Crippen LogP contribution in [0.3, 0.4) is 0 Å². The minimum Gasteiger partial charge on any atom is -0.385 e. The fraction of sp³-hybridized carbons (Fsp3) is 0.500. The molecule has 0 aliphatic carbocycles. The number of aromatic nitrogens is 2. The SMILES string of the molecule is CC(C)c1nsc(N2CCC(O)(c3ccccc3Cl)CC2)n1. The zero-order chi connectivity index (χ0) is 15.7. The summed E-state index contributed by atoms with van der Waals surface area (Å²) in [4.78, 5) is 6.80. The minimum atomic E-state index is -0.847. The van der Waals surface area contributed by atoms with Gasteiger partial charge in [-0.25, -0.2) is 4.98 Å². The minimum absolute atomic E-state index is 0.342. The molecule has 118 valence electrons. The Balaban J connectivity index is 1.73. The van der Waals surface area contributed by atoms with Crippen molar-refractivity contribution in [1.82, 2.24) is 9.36 Å². The van der Waals surface area contributed by atoms with E-state index in [4.69, 9.17) is 11.6 Å². The first-order chi connectivity index (χ1) is 10.5. The maximum absolute atomic E-state index is 10.9. The highest BCUT2D eigenvalue weighted by Crippen LogP contribution is 2.38. The molecular weight excluding hydrogens is 318 g/mol. The van der Waals surface area contributed by atoms with E-state index < -0.39 is 5.60 Å². The highest BCUT2D eigenvalue weighted by molar-refractivity contribution is 7.09. The predicted molar refractivity (Wildman–Crippen MR) is 90.8 cm³/mol. The highest BCUT2D eigenvalue weighted by atomic mass is 35.5. The molecule has 22 heavy (non-hydrogen) atoms. The van der Waals surface area contributed by atoms with Gasteiger partial charge in [-0.2, -0.15) is 4.37 Å². The zero-order valence-electron chi connectivity index (χ0n) is 12.8. The number of halogens is 1. The number of piperidine rings is 1. The third kappa shape index (κ3) is 2.98. The standard InChI is InChI=1S/C16H20ClN3OS/c1-11(2)14-18-15(22-19-14)20-9-7-16(21,8-10-20)12-5-3-4-6-13(12)17/h3-6,11,21H,7-10H2,1-2H3. The summed E-state index contributed by atoms with van der Waals surface area (Å²) in [6.07, 6.45) is 1.29. The molecule has 0 spiro atoms. The van der Waals surface area contributed by atoms with Crippen LogP contribution in [0.4, 0.5) is 5.13 Å². The summed E-state index contributed by atoms with van der Waals surface area (Å²) in [6.45, 7) is 5.71. The van der Waals surface area contributed by atoms with Gasteiger partial charge in [-0.1, -0.05) is 43.6 Å². The first-order valence-electron chi connectivity index (χ1n) is 7.55. The third-order valence-corrected chi connectivity index (χ3v) is 5.30. The largest absolute Gasteiger partial charge is 0.385 e. The normalized spacial score (nSPS) is 18.0. The second-order valence-corrected chi connectivity index (χ2v) is 7.23. The smallest absolute Gasteiger partial charge is 0.205 e. The van der Waals surface area contributed by atoms with Crippen LogP contribution in [0.15, 0.2) is 24.3 Å². The van der Waals surface area contributed by atoms with Gasteiger partial charge in [0.25, 0.3) is 0 Å². The first kappa shape index (κ1) is 15.7. The van der Waals surface area contributed by atoms with Gasteiger partial charge < -0.3 is 10.0 Å². The Labute approximate surface area is 139 Å². The van der Waals surface area contributed by atoms with Crippen molar-refractivity contribution in [2.45, 2.75) is 38.2 Å². The summed E-state index contributed by atoms with van der Waals surface area (Å²) >= 11 is 7.69. The fourth-order valence-corrected chi connectivity index (χ4v) is 3.94. The van der Waals surface area contributed by atoms with Crippen LogP contribution in [0.2, 0.25) is 5.02 Å². The lowest BCUT2D eigenvalue weighted by atomic mass is 9.84. The first-order valence-corrected chi connectivity index (χ1v) is 8.71. The monoisotopic (exact) mass is 337 g/mol. The van der Waals surface area contributed by atoms with Crippen molar-refractivity contribution in [1.29, 1.82) is 0 Å². The van der Waals surface area contributed by atoms with Crippen LogP contribution in [0.1, 0.15) is 44.0 Å². The van der Waals surface area contributed by atoms with Crippen LogP contribution in [0.5, 0.6) is 0 Å². The lowest BCUT2D eigenvalue weighted by Gasteiger charge is -2.38. The fourth-order valence-electron chi connectivity index (χ4n) is 2.77. The van der Waals surface area contributed by atoms with Crippen molar-refractivity contribution in [2.75, 3.05) is 18.0 Å². The van der Waals surface area contributed by atoms with Gasteiger partial charge in [-0.05, 0) is 18.9 Å². The van der Waals surface area contributed by atoms with E-state index in [1.54, 1.807) is 0 Å². The van der Waals surface area contributed by atoms with Crippen LogP contribution < -0.4 is 4.90 Å². The van der Waals surface area contributed by atoms with Gasteiger partial charge in [0.1, 0.15) is 5.82 Å². The maximum Gasteiger partial charge on any atom is 0.205 e. The average molecular weight is 338 g/mol. The Morgan fingerprint density at radius 3 is 2.55 bits per heavy atom. The molecular formula is C16H20ClN3OS. The van der Waals surface area contributed by atoms with Crippen LogP contribution in [-0.4, -0.2) is 27.6 Å². The van der Waals surface area contributed by atoms with Crippen LogP contribution >= 0.6 is 23.1 Å². The average Bonchev–Trinajstić information content (AvgIpc) is 2.98. The van der Waals surface area contributed by atoms with Gasteiger partial charge >= 0.3 is 0 Å². The van der Waals surface area contributed by atoms with Gasteiger partial charge in [0, 0.05) is 41.1 Å². The summed E-state index contributed by atoms with van der Waals surface area (Å²) in [6, 6.07) is 7.56.